The molecule has 1 aliphatic carbocycles. The van der Waals surface area contributed by atoms with Crippen LogP contribution in [0.4, 0.5) is 5.82 Å². The van der Waals surface area contributed by atoms with E-state index in [0.717, 1.165) is 49.9 Å². The van der Waals surface area contributed by atoms with Crippen LogP contribution in [0.5, 0.6) is 0 Å². The SMILES string of the molecule is c1ccc(C2(CNc3nccn4c(C5CC5)nnc34)CCOCC2)cc1. The van der Waals surface area contributed by atoms with Crippen LogP contribution in [0.25, 0.3) is 5.65 Å². The van der Waals surface area contributed by atoms with E-state index in [9.17, 15) is 0 Å². The van der Waals surface area contributed by atoms with E-state index >= 15 is 0 Å². The lowest BCUT2D eigenvalue weighted by Crippen LogP contribution is -2.40. The molecule has 1 aromatic carbocycles. The number of rotatable bonds is 5. The Morgan fingerprint density at radius 2 is 1.92 bits per heavy atom. The molecule has 2 aliphatic rings. The summed E-state index contributed by atoms with van der Waals surface area (Å²) in [5.74, 6) is 2.44. The van der Waals surface area contributed by atoms with Gasteiger partial charge in [-0.25, -0.2) is 4.98 Å². The number of hydrogen-bond acceptors (Lipinski definition) is 5. The first-order valence-corrected chi connectivity index (χ1v) is 9.43. The molecule has 0 bridgehead atoms. The molecule has 26 heavy (non-hydrogen) atoms. The molecule has 0 unspecified atom stereocenters. The maximum Gasteiger partial charge on any atom is 0.203 e. The lowest BCUT2D eigenvalue weighted by Gasteiger charge is -2.38. The minimum absolute atomic E-state index is 0.0629. The standard InChI is InChI=1S/C20H23N5O/c1-2-4-16(5-3-1)20(8-12-26-13-9-20)14-22-17-19-24-23-18(15-6-7-15)25(19)11-10-21-17/h1-5,10-11,15H,6-9,12-14H2,(H,21,22). The Labute approximate surface area is 152 Å². The Morgan fingerprint density at radius 3 is 2.69 bits per heavy atom. The zero-order valence-electron chi connectivity index (χ0n) is 14.8. The fraction of sp³-hybridized carbons (Fsp3) is 0.450. The van der Waals surface area contributed by atoms with Gasteiger partial charge in [0, 0.05) is 43.5 Å². The number of fused-ring (bicyclic) bond motifs is 1. The average Bonchev–Trinajstić information content (AvgIpc) is 3.46. The number of nitrogens with zero attached hydrogens (tertiary/aromatic N) is 4. The fourth-order valence-electron chi connectivity index (χ4n) is 3.96. The van der Waals surface area contributed by atoms with Gasteiger partial charge in [0.1, 0.15) is 5.82 Å². The molecular formula is C20H23N5O. The molecule has 134 valence electrons. The highest BCUT2D eigenvalue weighted by atomic mass is 16.5. The van der Waals surface area contributed by atoms with E-state index in [2.05, 4.69) is 55.2 Å². The first kappa shape index (κ1) is 15.8. The van der Waals surface area contributed by atoms with Gasteiger partial charge in [0.15, 0.2) is 5.82 Å². The summed E-state index contributed by atoms with van der Waals surface area (Å²) in [6.45, 7) is 2.41. The monoisotopic (exact) mass is 349 g/mol. The van der Waals surface area contributed by atoms with E-state index in [-0.39, 0.29) is 5.41 Å². The van der Waals surface area contributed by atoms with E-state index in [1.165, 1.54) is 18.4 Å². The fourth-order valence-corrected chi connectivity index (χ4v) is 3.96. The molecule has 0 atom stereocenters. The Bertz CT molecular complexity index is 897. The predicted octanol–water partition coefficient (Wildman–Crippen LogP) is 3.16. The zero-order valence-corrected chi connectivity index (χ0v) is 14.8. The molecule has 6 nitrogen and oxygen atoms in total. The zero-order chi connectivity index (χ0) is 17.4. The van der Waals surface area contributed by atoms with Crippen molar-refractivity contribution in [1.82, 2.24) is 19.6 Å². The molecule has 3 heterocycles. The van der Waals surface area contributed by atoms with Crippen molar-refractivity contribution in [2.24, 2.45) is 0 Å². The van der Waals surface area contributed by atoms with E-state index in [1.54, 1.807) is 0 Å². The number of hydrogen-bond donors (Lipinski definition) is 1. The van der Waals surface area contributed by atoms with Gasteiger partial charge in [-0.2, -0.15) is 0 Å². The summed E-state index contributed by atoms with van der Waals surface area (Å²) in [5, 5.41) is 12.4. The second-order valence-corrected chi connectivity index (χ2v) is 7.41. The summed E-state index contributed by atoms with van der Waals surface area (Å²) in [6.07, 6.45) is 8.24. The molecular weight excluding hydrogens is 326 g/mol. The van der Waals surface area contributed by atoms with Crippen molar-refractivity contribution < 1.29 is 4.74 Å². The van der Waals surface area contributed by atoms with Gasteiger partial charge in [-0.15, -0.1) is 10.2 Å². The summed E-state index contributed by atoms with van der Waals surface area (Å²) in [7, 11) is 0. The number of ether oxygens (including phenoxy) is 1. The summed E-state index contributed by atoms with van der Waals surface area (Å²) in [5.41, 5.74) is 2.25. The van der Waals surface area contributed by atoms with Crippen molar-refractivity contribution in [2.75, 3.05) is 25.1 Å². The molecule has 0 amide bonds. The number of benzene rings is 1. The minimum Gasteiger partial charge on any atom is -0.381 e. The molecule has 0 spiro atoms. The van der Waals surface area contributed by atoms with Crippen LogP contribution in [0.15, 0.2) is 42.7 Å². The molecule has 1 N–H and O–H groups in total. The summed E-state index contributed by atoms with van der Waals surface area (Å²) in [4.78, 5) is 4.54. The molecule has 1 saturated heterocycles. The highest BCUT2D eigenvalue weighted by Crippen LogP contribution is 2.39. The van der Waals surface area contributed by atoms with Gasteiger partial charge in [-0.3, -0.25) is 4.40 Å². The van der Waals surface area contributed by atoms with Gasteiger partial charge in [-0.05, 0) is 31.2 Å². The molecule has 5 rings (SSSR count). The second kappa shape index (κ2) is 6.36. The van der Waals surface area contributed by atoms with Crippen molar-refractivity contribution in [2.45, 2.75) is 37.0 Å². The molecule has 1 aliphatic heterocycles. The third-order valence-electron chi connectivity index (χ3n) is 5.73. The second-order valence-electron chi connectivity index (χ2n) is 7.41. The normalized spacial score (nSPS) is 19.5. The molecule has 1 saturated carbocycles. The van der Waals surface area contributed by atoms with Crippen molar-refractivity contribution in [1.29, 1.82) is 0 Å². The molecule has 0 radical (unpaired) electrons. The van der Waals surface area contributed by atoms with Crippen LogP contribution in [0.3, 0.4) is 0 Å². The first-order valence-electron chi connectivity index (χ1n) is 9.43. The molecule has 3 aromatic rings. The molecule has 6 heteroatoms. The van der Waals surface area contributed by atoms with Gasteiger partial charge in [-0.1, -0.05) is 30.3 Å². The Hall–Kier alpha value is -2.47. The van der Waals surface area contributed by atoms with Crippen LogP contribution >= 0.6 is 0 Å². The predicted molar refractivity (Wildman–Crippen MR) is 99.4 cm³/mol. The summed E-state index contributed by atoms with van der Waals surface area (Å²) >= 11 is 0. The highest BCUT2D eigenvalue weighted by molar-refractivity contribution is 5.62. The minimum atomic E-state index is 0.0629. The lowest BCUT2D eigenvalue weighted by atomic mass is 9.74. The van der Waals surface area contributed by atoms with Crippen LogP contribution in [-0.4, -0.2) is 39.3 Å². The first-order chi connectivity index (χ1) is 12.9. The maximum absolute atomic E-state index is 5.64. The summed E-state index contributed by atoms with van der Waals surface area (Å²) in [6, 6.07) is 10.8. The lowest BCUT2D eigenvalue weighted by molar-refractivity contribution is 0.0544. The Morgan fingerprint density at radius 1 is 1.12 bits per heavy atom. The van der Waals surface area contributed by atoms with Crippen LogP contribution in [0.1, 0.15) is 43.0 Å². The third-order valence-corrected chi connectivity index (χ3v) is 5.73. The van der Waals surface area contributed by atoms with Gasteiger partial charge in [0.05, 0.1) is 0 Å². The van der Waals surface area contributed by atoms with Gasteiger partial charge in [0.2, 0.25) is 5.65 Å². The smallest absolute Gasteiger partial charge is 0.203 e. The van der Waals surface area contributed by atoms with E-state index in [0.29, 0.717) is 5.92 Å². The topological polar surface area (TPSA) is 64.3 Å². The Balaban J connectivity index is 1.44. The Kier molecular flexibility index (Phi) is 3.85. The largest absolute Gasteiger partial charge is 0.381 e. The van der Waals surface area contributed by atoms with Crippen LogP contribution in [-0.2, 0) is 10.2 Å². The van der Waals surface area contributed by atoms with Crippen molar-refractivity contribution >= 4 is 11.5 Å². The van der Waals surface area contributed by atoms with Crippen LogP contribution < -0.4 is 5.32 Å². The third kappa shape index (κ3) is 2.74. The van der Waals surface area contributed by atoms with Gasteiger partial charge < -0.3 is 10.1 Å². The van der Waals surface area contributed by atoms with Crippen molar-refractivity contribution in [3.05, 3.63) is 54.1 Å². The van der Waals surface area contributed by atoms with Gasteiger partial charge >= 0.3 is 0 Å². The quantitative estimate of drug-likeness (QED) is 0.766. The van der Waals surface area contributed by atoms with E-state index < -0.39 is 0 Å². The van der Waals surface area contributed by atoms with Crippen LogP contribution in [0.2, 0.25) is 0 Å². The highest BCUT2D eigenvalue weighted by Gasteiger charge is 2.35. The number of nitrogens with one attached hydrogen (secondary N) is 1. The molecule has 2 fully saturated rings. The van der Waals surface area contributed by atoms with Crippen molar-refractivity contribution in [3.8, 4) is 0 Å². The van der Waals surface area contributed by atoms with E-state index in [4.69, 9.17) is 4.74 Å². The molecule has 2 aromatic heterocycles. The average molecular weight is 349 g/mol. The van der Waals surface area contributed by atoms with E-state index in [1.807, 2.05) is 12.4 Å². The maximum atomic E-state index is 5.64. The summed E-state index contributed by atoms with van der Waals surface area (Å²) < 4.78 is 7.72. The number of anilines is 1. The van der Waals surface area contributed by atoms with Gasteiger partial charge in [0.25, 0.3) is 0 Å². The number of aromatic nitrogens is 4. The van der Waals surface area contributed by atoms with Crippen LogP contribution in [0, 0.1) is 0 Å². The van der Waals surface area contributed by atoms with Crippen molar-refractivity contribution in [3.63, 3.8) is 0 Å².